The van der Waals surface area contributed by atoms with Gasteiger partial charge in [0.25, 0.3) is 0 Å². The Morgan fingerprint density at radius 3 is 2.50 bits per heavy atom. The minimum Gasteiger partial charge on any atom is -0.488 e. The lowest BCUT2D eigenvalue weighted by molar-refractivity contribution is -0.114. The Labute approximate surface area is 139 Å². The summed E-state index contributed by atoms with van der Waals surface area (Å²) < 4.78 is 31.6. The van der Waals surface area contributed by atoms with Crippen LogP contribution in [0.25, 0.3) is 0 Å². The summed E-state index contributed by atoms with van der Waals surface area (Å²) in [5.41, 5.74) is 1.91. The number of nitrogens with one attached hydrogen (secondary N) is 1. The van der Waals surface area contributed by atoms with Gasteiger partial charge in [0.15, 0.2) is 11.6 Å². The quantitative estimate of drug-likeness (QED) is 0.914. The summed E-state index contributed by atoms with van der Waals surface area (Å²) in [6.45, 7) is 3.71. The van der Waals surface area contributed by atoms with Crippen LogP contribution < -0.4 is 10.1 Å². The van der Waals surface area contributed by atoms with E-state index in [1.165, 1.54) is 13.0 Å². The molecule has 0 bridgehead atoms. The zero-order valence-electron chi connectivity index (χ0n) is 13.3. The van der Waals surface area contributed by atoms with Gasteiger partial charge in [-0.3, -0.25) is 9.69 Å². The zero-order chi connectivity index (χ0) is 17.1. The second-order valence-corrected chi connectivity index (χ2v) is 5.89. The Bertz CT molecular complexity index is 728. The molecule has 2 aromatic carbocycles. The highest BCUT2D eigenvalue weighted by Crippen LogP contribution is 2.22. The van der Waals surface area contributed by atoms with Gasteiger partial charge in [-0.05, 0) is 29.8 Å². The molecule has 24 heavy (non-hydrogen) atoms. The third kappa shape index (κ3) is 4.08. The van der Waals surface area contributed by atoms with E-state index in [1.807, 2.05) is 24.3 Å². The van der Waals surface area contributed by atoms with Crippen molar-refractivity contribution in [2.24, 2.45) is 0 Å². The van der Waals surface area contributed by atoms with Gasteiger partial charge in [0.05, 0.1) is 0 Å². The molecule has 0 saturated carbocycles. The summed E-state index contributed by atoms with van der Waals surface area (Å²) in [4.78, 5) is 13.2. The van der Waals surface area contributed by atoms with Gasteiger partial charge in [0.2, 0.25) is 5.91 Å². The number of amides is 1. The zero-order valence-corrected chi connectivity index (χ0v) is 13.3. The molecule has 2 aromatic rings. The number of likely N-dealkylation sites (tertiary alicyclic amines) is 1. The van der Waals surface area contributed by atoms with E-state index >= 15 is 0 Å². The third-order valence-corrected chi connectivity index (χ3v) is 3.80. The van der Waals surface area contributed by atoms with E-state index in [2.05, 4.69) is 10.2 Å². The molecule has 1 aliphatic rings. The molecule has 0 radical (unpaired) electrons. The Hall–Kier alpha value is -2.47. The molecule has 0 aromatic heterocycles. The molecule has 6 heteroatoms. The molecule has 1 N–H and O–H groups in total. The number of ether oxygens (including phenoxy) is 1. The fraction of sp³-hybridized carbons (Fsp3) is 0.278. The van der Waals surface area contributed by atoms with Crippen LogP contribution in [-0.4, -0.2) is 30.0 Å². The van der Waals surface area contributed by atoms with Gasteiger partial charge in [-0.25, -0.2) is 8.78 Å². The lowest BCUT2D eigenvalue weighted by Crippen LogP contribution is -2.53. The van der Waals surface area contributed by atoms with Crippen LogP contribution in [0.3, 0.4) is 0 Å². The number of carbonyl (C=O) groups is 1. The number of nitrogens with zero attached hydrogens (tertiary/aromatic N) is 1. The predicted molar refractivity (Wildman–Crippen MR) is 86.8 cm³/mol. The lowest BCUT2D eigenvalue weighted by atomic mass is 10.1. The summed E-state index contributed by atoms with van der Waals surface area (Å²) in [5, 5.41) is 2.73. The fourth-order valence-corrected chi connectivity index (χ4v) is 2.62. The Balaban J connectivity index is 1.46. The van der Waals surface area contributed by atoms with Gasteiger partial charge in [0, 0.05) is 38.3 Å². The van der Waals surface area contributed by atoms with Crippen molar-refractivity contribution >= 4 is 11.6 Å². The highest BCUT2D eigenvalue weighted by Gasteiger charge is 2.28. The minimum absolute atomic E-state index is 0.0199. The van der Waals surface area contributed by atoms with Crippen LogP contribution >= 0.6 is 0 Å². The van der Waals surface area contributed by atoms with Crippen LogP contribution in [0, 0.1) is 11.6 Å². The smallest absolute Gasteiger partial charge is 0.221 e. The number of carbonyl (C=O) groups excluding carboxylic acids is 1. The van der Waals surface area contributed by atoms with Gasteiger partial charge in [-0.2, -0.15) is 0 Å². The van der Waals surface area contributed by atoms with Crippen molar-refractivity contribution in [1.82, 2.24) is 4.90 Å². The minimum atomic E-state index is -0.900. The molecule has 1 amide bonds. The van der Waals surface area contributed by atoms with E-state index in [-0.39, 0.29) is 12.0 Å². The number of anilines is 1. The molecule has 1 fully saturated rings. The van der Waals surface area contributed by atoms with Gasteiger partial charge < -0.3 is 10.1 Å². The summed E-state index contributed by atoms with van der Waals surface area (Å²) in [7, 11) is 0. The van der Waals surface area contributed by atoms with Crippen molar-refractivity contribution in [3.05, 3.63) is 59.7 Å². The second-order valence-electron chi connectivity index (χ2n) is 5.89. The van der Waals surface area contributed by atoms with E-state index < -0.39 is 11.6 Å². The van der Waals surface area contributed by atoms with E-state index in [4.69, 9.17) is 4.74 Å². The predicted octanol–water partition coefficient (Wildman–Crippen LogP) is 3.19. The van der Waals surface area contributed by atoms with Gasteiger partial charge in [-0.1, -0.05) is 12.1 Å². The largest absolute Gasteiger partial charge is 0.488 e. The van der Waals surface area contributed by atoms with E-state index in [0.29, 0.717) is 5.75 Å². The van der Waals surface area contributed by atoms with Crippen molar-refractivity contribution in [2.75, 3.05) is 18.4 Å². The number of rotatable bonds is 5. The monoisotopic (exact) mass is 332 g/mol. The van der Waals surface area contributed by atoms with Crippen molar-refractivity contribution in [3.63, 3.8) is 0 Å². The lowest BCUT2D eigenvalue weighted by Gasteiger charge is -2.39. The maximum atomic E-state index is 13.1. The second kappa shape index (κ2) is 6.97. The fourth-order valence-electron chi connectivity index (χ4n) is 2.62. The van der Waals surface area contributed by atoms with Crippen molar-refractivity contribution in [2.45, 2.75) is 19.6 Å². The SMILES string of the molecule is CC(=O)Nc1ccc(CN2CC(Oc3ccc(F)c(F)c3)C2)cc1. The van der Waals surface area contributed by atoms with E-state index in [9.17, 15) is 13.6 Å². The summed E-state index contributed by atoms with van der Waals surface area (Å²) >= 11 is 0. The average molecular weight is 332 g/mol. The first-order chi connectivity index (χ1) is 11.5. The highest BCUT2D eigenvalue weighted by molar-refractivity contribution is 5.88. The van der Waals surface area contributed by atoms with Gasteiger partial charge in [0.1, 0.15) is 11.9 Å². The molecule has 126 valence electrons. The number of halogens is 2. The highest BCUT2D eigenvalue weighted by atomic mass is 19.2. The Morgan fingerprint density at radius 1 is 1.17 bits per heavy atom. The van der Waals surface area contributed by atoms with E-state index in [0.717, 1.165) is 43.0 Å². The maximum absolute atomic E-state index is 13.1. The van der Waals surface area contributed by atoms with Crippen LogP contribution in [0.2, 0.25) is 0 Å². The van der Waals surface area contributed by atoms with Crippen molar-refractivity contribution in [1.29, 1.82) is 0 Å². The average Bonchev–Trinajstić information content (AvgIpc) is 2.50. The van der Waals surface area contributed by atoms with Gasteiger partial charge >= 0.3 is 0 Å². The number of hydrogen-bond donors (Lipinski definition) is 1. The van der Waals surface area contributed by atoms with Crippen LogP contribution in [-0.2, 0) is 11.3 Å². The molecule has 0 aliphatic carbocycles. The first-order valence-electron chi connectivity index (χ1n) is 7.70. The first kappa shape index (κ1) is 16.4. The van der Waals surface area contributed by atoms with E-state index in [1.54, 1.807) is 0 Å². The number of benzene rings is 2. The third-order valence-electron chi connectivity index (χ3n) is 3.80. The van der Waals surface area contributed by atoms with Crippen molar-refractivity contribution < 1.29 is 18.3 Å². The molecule has 4 nitrogen and oxygen atoms in total. The summed E-state index contributed by atoms with van der Waals surface area (Å²) in [5.74, 6) is -1.52. The molecule has 1 saturated heterocycles. The summed E-state index contributed by atoms with van der Waals surface area (Å²) in [6.07, 6.45) is -0.0199. The topological polar surface area (TPSA) is 41.6 Å². The standard InChI is InChI=1S/C18H18F2N2O2/c1-12(23)21-14-4-2-13(3-5-14)9-22-10-16(11-22)24-15-6-7-17(19)18(20)8-15/h2-8,16H,9-11H2,1H3,(H,21,23). The van der Waals surface area contributed by atoms with Crippen LogP contribution in [0.4, 0.5) is 14.5 Å². The molecular formula is C18H18F2N2O2. The molecule has 0 unspecified atom stereocenters. The summed E-state index contributed by atoms with van der Waals surface area (Å²) in [6, 6.07) is 11.2. The van der Waals surface area contributed by atoms with Crippen LogP contribution in [0.5, 0.6) is 5.75 Å². The van der Waals surface area contributed by atoms with Gasteiger partial charge in [-0.15, -0.1) is 0 Å². The first-order valence-corrected chi connectivity index (χ1v) is 7.70. The molecule has 1 aliphatic heterocycles. The normalized spacial score (nSPS) is 15.0. The molecule has 1 heterocycles. The molecule has 3 rings (SSSR count). The Kier molecular flexibility index (Phi) is 4.76. The number of hydrogen-bond acceptors (Lipinski definition) is 3. The molecular weight excluding hydrogens is 314 g/mol. The van der Waals surface area contributed by atoms with Crippen LogP contribution in [0.1, 0.15) is 12.5 Å². The molecule has 0 atom stereocenters. The van der Waals surface area contributed by atoms with Crippen molar-refractivity contribution in [3.8, 4) is 5.75 Å². The Morgan fingerprint density at radius 2 is 1.88 bits per heavy atom. The van der Waals surface area contributed by atoms with Crippen LogP contribution in [0.15, 0.2) is 42.5 Å². The molecule has 0 spiro atoms. The maximum Gasteiger partial charge on any atom is 0.221 e.